The van der Waals surface area contributed by atoms with Crippen LogP contribution in [0.25, 0.3) is 0 Å². The quantitative estimate of drug-likeness (QED) is 0.888. The van der Waals surface area contributed by atoms with Crippen molar-refractivity contribution in [2.45, 2.75) is 19.4 Å². The van der Waals surface area contributed by atoms with Crippen LogP contribution in [0, 0.1) is 11.6 Å². The summed E-state index contributed by atoms with van der Waals surface area (Å²) in [6.45, 7) is 1.76. The van der Waals surface area contributed by atoms with E-state index in [2.05, 4.69) is 20.7 Å². The average Bonchev–Trinajstić information content (AvgIpc) is 2.93. The zero-order valence-electron chi connectivity index (χ0n) is 10.2. The third kappa shape index (κ3) is 2.93. The first-order valence-corrected chi connectivity index (χ1v) is 5.73. The highest BCUT2D eigenvalue weighted by atomic mass is 19.1. The molecule has 1 aromatic heterocycles. The van der Waals surface area contributed by atoms with Gasteiger partial charge in [0.2, 0.25) is 0 Å². The number of nitrogens with zero attached hydrogens (tertiary/aromatic N) is 2. The molecule has 5 nitrogen and oxygen atoms in total. The monoisotopic (exact) mass is 266 g/mol. The smallest absolute Gasteiger partial charge is 0.273 e. The fourth-order valence-corrected chi connectivity index (χ4v) is 1.72. The number of H-pyrrole nitrogens is 1. The van der Waals surface area contributed by atoms with E-state index in [0.29, 0.717) is 6.42 Å². The van der Waals surface area contributed by atoms with Gasteiger partial charge in [-0.1, -0.05) is 6.92 Å². The van der Waals surface area contributed by atoms with Gasteiger partial charge in [0.15, 0.2) is 5.69 Å². The van der Waals surface area contributed by atoms with E-state index in [-0.39, 0.29) is 11.3 Å². The van der Waals surface area contributed by atoms with Gasteiger partial charge in [-0.05, 0) is 24.6 Å². The summed E-state index contributed by atoms with van der Waals surface area (Å²) in [7, 11) is 0. The highest BCUT2D eigenvalue weighted by molar-refractivity contribution is 5.92. The van der Waals surface area contributed by atoms with Gasteiger partial charge in [0, 0.05) is 5.56 Å². The number of hydrogen-bond acceptors (Lipinski definition) is 3. The van der Waals surface area contributed by atoms with Crippen LogP contribution in [-0.4, -0.2) is 21.3 Å². The number of aromatic nitrogens is 3. The molecule has 1 aromatic carbocycles. The van der Waals surface area contributed by atoms with Gasteiger partial charge in [-0.3, -0.25) is 4.79 Å². The Kier molecular flexibility index (Phi) is 3.84. The number of rotatable bonds is 4. The van der Waals surface area contributed by atoms with Gasteiger partial charge in [0.25, 0.3) is 5.91 Å². The van der Waals surface area contributed by atoms with Crippen molar-refractivity contribution in [3.05, 3.63) is 47.3 Å². The van der Waals surface area contributed by atoms with Gasteiger partial charge in [0.1, 0.15) is 11.6 Å². The number of amides is 1. The van der Waals surface area contributed by atoms with Crippen molar-refractivity contribution < 1.29 is 13.6 Å². The van der Waals surface area contributed by atoms with Crippen molar-refractivity contribution in [3.63, 3.8) is 0 Å². The summed E-state index contributed by atoms with van der Waals surface area (Å²) < 4.78 is 26.8. The zero-order chi connectivity index (χ0) is 13.8. The van der Waals surface area contributed by atoms with Crippen LogP contribution in [0.4, 0.5) is 8.78 Å². The summed E-state index contributed by atoms with van der Waals surface area (Å²) in [4.78, 5) is 11.8. The van der Waals surface area contributed by atoms with Gasteiger partial charge < -0.3 is 5.32 Å². The molecule has 0 aliphatic heterocycles. The van der Waals surface area contributed by atoms with Gasteiger partial charge >= 0.3 is 0 Å². The van der Waals surface area contributed by atoms with Gasteiger partial charge in [-0.25, -0.2) is 8.78 Å². The first-order valence-electron chi connectivity index (χ1n) is 5.73. The summed E-state index contributed by atoms with van der Waals surface area (Å²) in [5.74, 6) is -1.61. The zero-order valence-corrected chi connectivity index (χ0v) is 10.2. The van der Waals surface area contributed by atoms with Crippen molar-refractivity contribution in [1.82, 2.24) is 20.7 Å². The molecule has 0 unspecified atom stereocenters. The highest BCUT2D eigenvalue weighted by Gasteiger charge is 2.19. The standard InChI is InChI=1S/C12H12F2N4O/c1-2-10(8-5-7(13)3-4-9(8)14)16-12(19)11-6-15-18-17-11/h3-6,10H,2H2,1H3,(H,16,19)(H,15,17,18)/t10-/m1/s1. The lowest BCUT2D eigenvalue weighted by Crippen LogP contribution is -2.29. The Balaban J connectivity index is 2.20. The van der Waals surface area contributed by atoms with E-state index in [4.69, 9.17) is 0 Å². The molecule has 0 saturated heterocycles. The highest BCUT2D eigenvalue weighted by Crippen LogP contribution is 2.21. The molecule has 0 spiro atoms. The maximum Gasteiger partial charge on any atom is 0.273 e. The molecule has 19 heavy (non-hydrogen) atoms. The number of halogens is 2. The Morgan fingerprint density at radius 3 is 2.89 bits per heavy atom. The van der Waals surface area contributed by atoms with Crippen LogP contribution in [0.3, 0.4) is 0 Å². The SMILES string of the molecule is CC[C@@H](NC(=O)c1cn[nH]n1)c1cc(F)ccc1F. The molecule has 0 aliphatic rings. The van der Waals surface area contributed by atoms with Crippen molar-refractivity contribution in [2.75, 3.05) is 0 Å². The molecule has 100 valence electrons. The molecule has 7 heteroatoms. The molecule has 0 saturated carbocycles. The second-order valence-corrected chi connectivity index (χ2v) is 3.96. The third-order valence-electron chi connectivity index (χ3n) is 2.69. The van der Waals surface area contributed by atoms with Crippen LogP contribution in [0.15, 0.2) is 24.4 Å². The number of carbonyl (C=O) groups is 1. The van der Waals surface area contributed by atoms with E-state index in [9.17, 15) is 13.6 Å². The molecule has 0 aliphatic carbocycles. The molecule has 2 rings (SSSR count). The molecule has 1 amide bonds. The molecule has 2 aromatic rings. The van der Waals surface area contributed by atoms with Crippen LogP contribution in [0.2, 0.25) is 0 Å². The maximum absolute atomic E-state index is 13.6. The molecule has 1 atom stereocenters. The van der Waals surface area contributed by atoms with E-state index < -0.39 is 23.6 Å². The lowest BCUT2D eigenvalue weighted by atomic mass is 10.0. The van der Waals surface area contributed by atoms with E-state index in [1.54, 1.807) is 6.92 Å². The molecule has 0 bridgehead atoms. The second-order valence-electron chi connectivity index (χ2n) is 3.96. The maximum atomic E-state index is 13.6. The first kappa shape index (κ1) is 13.1. The van der Waals surface area contributed by atoms with E-state index in [1.165, 1.54) is 6.20 Å². The summed E-state index contributed by atoms with van der Waals surface area (Å²) in [5, 5.41) is 12.0. The van der Waals surface area contributed by atoms with Crippen LogP contribution in [0.1, 0.15) is 35.4 Å². The second kappa shape index (κ2) is 5.55. The molecule has 0 radical (unpaired) electrons. The van der Waals surface area contributed by atoms with E-state index in [1.807, 2.05) is 0 Å². The third-order valence-corrected chi connectivity index (χ3v) is 2.69. The molecular weight excluding hydrogens is 254 g/mol. The molecule has 2 N–H and O–H groups in total. The van der Waals surface area contributed by atoms with Gasteiger partial charge in [0.05, 0.1) is 12.2 Å². The minimum Gasteiger partial charge on any atom is -0.344 e. The van der Waals surface area contributed by atoms with Crippen molar-refractivity contribution in [2.24, 2.45) is 0 Å². The van der Waals surface area contributed by atoms with Crippen molar-refractivity contribution in [1.29, 1.82) is 0 Å². The van der Waals surface area contributed by atoms with E-state index in [0.717, 1.165) is 18.2 Å². The lowest BCUT2D eigenvalue weighted by molar-refractivity contribution is 0.0929. The normalized spacial score (nSPS) is 12.2. The minimum atomic E-state index is -0.625. The van der Waals surface area contributed by atoms with Crippen LogP contribution in [0.5, 0.6) is 0 Å². The number of nitrogens with one attached hydrogen (secondary N) is 2. The van der Waals surface area contributed by atoms with E-state index >= 15 is 0 Å². The Morgan fingerprint density at radius 1 is 1.47 bits per heavy atom. The summed E-state index contributed by atoms with van der Waals surface area (Å²) >= 11 is 0. The largest absolute Gasteiger partial charge is 0.344 e. The van der Waals surface area contributed by atoms with Crippen LogP contribution in [-0.2, 0) is 0 Å². The fourth-order valence-electron chi connectivity index (χ4n) is 1.72. The average molecular weight is 266 g/mol. The van der Waals surface area contributed by atoms with Crippen LogP contribution < -0.4 is 5.32 Å². The summed E-state index contributed by atoms with van der Waals surface area (Å²) in [6, 6.07) is 2.52. The molecule has 0 fully saturated rings. The molecular formula is C12H12F2N4O. The predicted molar refractivity (Wildman–Crippen MR) is 63.2 cm³/mol. The van der Waals surface area contributed by atoms with Crippen molar-refractivity contribution in [3.8, 4) is 0 Å². The first-order chi connectivity index (χ1) is 9.11. The number of aromatic amines is 1. The topological polar surface area (TPSA) is 70.7 Å². The Morgan fingerprint density at radius 2 is 2.26 bits per heavy atom. The van der Waals surface area contributed by atoms with Gasteiger partial charge in [-0.15, -0.1) is 0 Å². The number of carbonyl (C=O) groups excluding carboxylic acids is 1. The van der Waals surface area contributed by atoms with Crippen molar-refractivity contribution >= 4 is 5.91 Å². The summed E-state index contributed by atoms with van der Waals surface area (Å²) in [5.41, 5.74) is 0.203. The predicted octanol–water partition coefficient (Wildman–Crippen LogP) is 1.96. The fraction of sp³-hybridized carbons (Fsp3) is 0.250. The summed E-state index contributed by atoms with van der Waals surface area (Å²) in [6.07, 6.45) is 1.67. The van der Waals surface area contributed by atoms with Gasteiger partial charge in [-0.2, -0.15) is 15.4 Å². The Hall–Kier alpha value is -2.31. The molecule has 1 heterocycles. The Labute approximate surface area is 108 Å². The lowest BCUT2D eigenvalue weighted by Gasteiger charge is -2.17. The number of benzene rings is 1. The Bertz CT molecular complexity index is 571. The van der Waals surface area contributed by atoms with Crippen LogP contribution >= 0.6 is 0 Å². The minimum absolute atomic E-state index is 0.0928. The number of hydrogen-bond donors (Lipinski definition) is 2.